The van der Waals surface area contributed by atoms with Crippen molar-refractivity contribution in [2.75, 3.05) is 19.3 Å². The lowest BCUT2D eigenvalue weighted by atomic mass is 9.91. The first-order valence-electron chi connectivity index (χ1n) is 7.61. The third kappa shape index (κ3) is 3.50. The molecule has 2 aromatic rings. The lowest BCUT2D eigenvalue weighted by Gasteiger charge is -2.32. The molecule has 0 radical (unpaired) electrons. The Bertz CT molecular complexity index is 683. The van der Waals surface area contributed by atoms with Crippen LogP contribution in [0.3, 0.4) is 0 Å². The highest BCUT2D eigenvalue weighted by atomic mass is 32.2. The van der Waals surface area contributed by atoms with Gasteiger partial charge in [-0.05, 0) is 31.6 Å². The summed E-state index contributed by atoms with van der Waals surface area (Å²) in [6.07, 6.45) is 10.4. The molecular formula is C16H19N5OS. The smallest absolute Gasteiger partial charge is 0.256 e. The van der Waals surface area contributed by atoms with Crippen LogP contribution in [0.1, 0.15) is 40.4 Å². The van der Waals surface area contributed by atoms with Gasteiger partial charge in [-0.15, -0.1) is 0 Å². The average Bonchev–Trinajstić information content (AvgIpc) is 2.62. The number of carbonyl (C=O) groups is 1. The second kappa shape index (κ2) is 7.04. The molecule has 23 heavy (non-hydrogen) atoms. The van der Waals surface area contributed by atoms with Crippen LogP contribution < -0.4 is 0 Å². The fraction of sp³-hybridized carbons (Fsp3) is 0.438. The van der Waals surface area contributed by atoms with E-state index in [9.17, 15) is 4.79 Å². The third-order valence-electron chi connectivity index (χ3n) is 4.16. The molecule has 0 unspecified atom stereocenters. The van der Waals surface area contributed by atoms with E-state index in [4.69, 9.17) is 0 Å². The van der Waals surface area contributed by atoms with Gasteiger partial charge >= 0.3 is 0 Å². The molecule has 0 spiro atoms. The topological polar surface area (TPSA) is 71.9 Å². The zero-order chi connectivity index (χ0) is 16.2. The maximum Gasteiger partial charge on any atom is 0.256 e. The molecule has 0 aliphatic carbocycles. The predicted octanol–water partition coefficient (Wildman–Crippen LogP) is 2.32. The lowest BCUT2D eigenvalue weighted by molar-refractivity contribution is 0.0711. The third-order valence-corrected chi connectivity index (χ3v) is 4.74. The molecule has 1 fully saturated rings. The highest BCUT2D eigenvalue weighted by Gasteiger charge is 2.26. The number of amides is 1. The van der Waals surface area contributed by atoms with E-state index >= 15 is 0 Å². The number of carbonyl (C=O) groups excluding carboxylic acids is 1. The highest BCUT2D eigenvalue weighted by Crippen LogP contribution is 2.28. The van der Waals surface area contributed by atoms with E-state index in [1.165, 1.54) is 11.8 Å². The molecule has 0 N–H and O–H groups in total. The Morgan fingerprint density at radius 2 is 1.87 bits per heavy atom. The zero-order valence-electron chi connectivity index (χ0n) is 13.3. The molecular weight excluding hydrogens is 310 g/mol. The normalized spacial score (nSPS) is 15.7. The van der Waals surface area contributed by atoms with Crippen molar-refractivity contribution in [2.45, 2.75) is 30.8 Å². The summed E-state index contributed by atoms with van der Waals surface area (Å²) in [5.41, 5.74) is 2.79. The molecule has 1 amide bonds. The maximum atomic E-state index is 12.5. The minimum absolute atomic E-state index is 0.00973. The summed E-state index contributed by atoms with van der Waals surface area (Å²) in [4.78, 5) is 31.2. The molecule has 0 saturated carbocycles. The average molecular weight is 329 g/mol. The van der Waals surface area contributed by atoms with Crippen LogP contribution in [0.15, 0.2) is 30.1 Å². The van der Waals surface area contributed by atoms with Crippen LogP contribution in [0.4, 0.5) is 0 Å². The molecule has 0 atom stereocenters. The number of nitrogens with zero attached hydrogens (tertiary/aromatic N) is 5. The summed E-state index contributed by atoms with van der Waals surface area (Å²) >= 11 is 1.46. The van der Waals surface area contributed by atoms with Crippen LogP contribution in [-0.2, 0) is 0 Å². The van der Waals surface area contributed by atoms with Crippen molar-refractivity contribution in [3.8, 4) is 0 Å². The monoisotopic (exact) mass is 329 g/mol. The molecule has 0 aromatic carbocycles. The Labute approximate surface area is 139 Å². The summed E-state index contributed by atoms with van der Waals surface area (Å²) in [5.74, 6) is 0.410. The van der Waals surface area contributed by atoms with Crippen molar-refractivity contribution in [3.63, 3.8) is 0 Å². The molecule has 7 heteroatoms. The van der Waals surface area contributed by atoms with E-state index in [2.05, 4.69) is 19.9 Å². The van der Waals surface area contributed by atoms with Crippen LogP contribution in [0, 0.1) is 6.92 Å². The van der Waals surface area contributed by atoms with Crippen molar-refractivity contribution in [3.05, 3.63) is 41.7 Å². The van der Waals surface area contributed by atoms with E-state index in [0.29, 0.717) is 16.6 Å². The number of aryl methyl sites for hydroxylation is 1. The van der Waals surface area contributed by atoms with Crippen molar-refractivity contribution in [2.24, 2.45) is 0 Å². The molecule has 120 valence electrons. The van der Waals surface area contributed by atoms with Gasteiger partial charge in [-0.2, -0.15) is 0 Å². The molecule has 1 aliphatic heterocycles. The Morgan fingerprint density at radius 3 is 2.48 bits per heavy atom. The van der Waals surface area contributed by atoms with Crippen LogP contribution >= 0.6 is 11.8 Å². The van der Waals surface area contributed by atoms with Gasteiger partial charge in [0.2, 0.25) is 0 Å². The van der Waals surface area contributed by atoms with E-state index in [1.54, 1.807) is 18.7 Å². The van der Waals surface area contributed by atoms with E-state index in [0.717, 1.165) is 37.2 Å². The van der Waals surface area contributed by atoms with Gasteiger partial charge in [-0.3, -0.25) is 4.79 Å². The minimum Gasteiger partial charge on any atom is -0.339 e. The van der Waals surface area contributed by atoms with E-state index in [-0.39, 0.29) is 5.91 Å². The van der Waals surface area contributed by atoms with Gasteiger partial charge in [0, 0.05) is 43.3 Å². The standard InChI is InChI=1S/C16H19N5OS/c1-11-7-17-10-20-14(11)12-3-5-21(6-4-12)15(22)13-8-18-16(23-2)19-9-13/h7-10,12H,3-6H2,1-2H3. The molecule has 2 aromatic heterocycles. The van der Waals surface area contributed by atoms with Gasteiger partial charge in [0.15, 0.2) is 5.16 Å². The summed E-state index contributed by atoms with van der Waals surface area (Å²) in [7, 11) is 0. The predicted molar refractivity (Wildman–Crippen MR) is 88.5 cm³/mol. The minimum atomic E-state index is 0.00973. The van der Waals surface area contributed by atoms with Crippen molar-refractivity contribution in [1.82, 2.24) is 24.8 Å². The number of aromatic nitrogens is 4. The molecule has 1 aliphatic rings. The summed E-state index contributed by atoms with van der Waals surface area (Å²) in [5, 5.41) is 0.680. The molecule has 1 saturated heterocycles. The number of piperidine rings is 1. The van der Waals surface area contributed by atoms with Gasteiger partial charge in [0.25, 0.3) is 5.91 Å². The first-order valence-corrected chi connectivity index (χ1v) is 8.83. The summed E-state index contributed by atoms with van der Waals surface area (Å²) in [6.45, 7) is 3.51. The number of thioether (sulfide) groups is 1. The van der Waals surface area contributed by atoms with Gasteiger partial charge in [0.05, 0.1) is 5.56 Å². The lowest BCUT2D eigenvalue weighted by Crippen LogP contribution is -2.38. The molecule has 3 rings (SSSR count). The van der Waals surface area contributed by atoms with Gasteiger partial charge in [0.1, 0.15) is 6.33 Å². The van der Waals surface area contributed by atoms with Crippen molar-refractivity contribution < 1.29 is 4.79 Å². The van der Waals surface area contributed by atoms with E-state index < -0.39 is 0 Å². The Morgan fingerprint density at radius 1 is 1.17 bits per heavy atom. The second-order valence-corrected chi connectivity index (χ2v) is 6.39. The number of likely N-dealkylation sites (tertiary alicyclic amines) is 1. The fourth-order valence-corrected chi connectivity index (χ4v) is 3.22. The first-order chi connectivity index (χ1) is 11.2. The van der Waals surface area contributed by atoms with Gasteiger partial charge < -0.3 is 4.90 Å². The SMILES string of the molecule is CSc1ncc(C(=O)N2CCC(c3ncncc3C)CC2)cn1. The zero-order valence-corrected chi connectivity index (χ0v) is 14.1. The number of rotatable bonds is 3. The second-order valence-electron chi connectivity index (χ2n) is 5.62. The molecule has 0 bridgehead atoms. The largest absolute Gasteiger partial charge is 0.339 e. The summed E-state index contributed by atoms with van der Waals surface area (Å²) in [6, 6.07) is 0. The van der Waals surface area contributed by atoms with Crippen molar-refractivity contribution >= 4 is 17.7 Å². The van der Waals surface area contributed by atoms with Gasteiger partial charge in [-0.25, -0.2) is 19.9 Å². The van der Waals surface area contributed by atoms with Crippen molar-refractivity contribution in [1.29, 1.82) is 0 Å². The van der Waals surface area contributed by atoms with Gasteiger partial charge in [-0.1, -0.05) is 11.8 Å². The van der Waals surface area contributed by atoms with Crippen LogP contribution in [0.5, 0.6) is 0 Å². The van der Waals surface area contributed by atoms with Crippen LogP contribution in [0.2, 0.25) is 0 Å². The Hall–Kier alpha value is -2.02. The Kier molecular flexibility index (Phi) is 4.85. The van der Waals surface area contributed by atoms with Crippen LogP contribution in [-0.4, -0.2) is 50.1 Å². The first kappa shape index (κ1) is 15.9. The number of hydrogen-bond donors (Lipinski definition) is 0. The Balaban J connectivity index is 1.64. The molecule has 6 nitrogen and oxygen atoms in total. The quantitative estimate of drug-likeness (QED) is 0.636. The highest BCUT2D eigenvalue weighted by molar-refractivity contribution is 7.98. The maximum absolute atomic E-state index is 12.5. The number of hydrogen-bond acceptors (Lipinski definition) is 6. The molecule has 3 heterocycles. The fourth-order valence-electron chi connectivity index (χ4n) is 2.91. The van der Waals surface area contributed by atoms with E-state index in [1.807, 2.05) is 24.3 Å². The van der Waals surface area contributed by atoms with Crippen LogP contribution in [0.25, 0.3) is 0 Å². The summed E-state index contributed by atoms with van der Waals surface area (Å²) < 4.78 is 0.